The highest BCUT2D eigenvalue weighted by atomic mass is 79.9. The van der Waals surface area contributed by atoms with Gasteiger partial charge in [-0.05, 0) is 35.0 Å². The number of halogens is 1. The van der Waals surface area contributed by atoms with Crippen molar-refractivity contribution in [2.75, 3.05) is 26.8 Å². The van der Waals surface area contributed by atoms with Gasteiger partial charge in [0.2, 0.25) is 0 Å². The maximum atomic E-state index is 12.6. The summed E-state index contributed by atoms with van der Waals surface area (Å²) >= 11 is 3.39. The van der Waals surface area contributed by atoms with Crippen LogP contribution in [0.3, 0.4) is 0 Å². The van der Waals surface area contributed by atoms with Crippen LogP contribution in [0.2, 0.25) is 0 Å². The van der Waals surface area contributed by atoms with Crippen molar-refractivity contribution in [2.24, 2.45) is 10.9 Å². The van der Waals surface area contributed by atoms with Crippen LogP contribution in [0.1, 0.15) is 22.3 Å². The molecule has 0 heterocycles. The second-order valence-corrected chi connectivity index (χ2v) is 5.46. The molecule has 0 radical (unpaired) electrons. The van der Waals surface area contributed by atoms with Crippen molar-refractivity contribution in [3.8, 4) is 0 Å². The Kier molecular flexibility index (Phi) is 7.18. The molecule has 1 aromatic rings. The molecule has 1 aromatic carbocycles. The molecule has 116 valence electrons. The molecule has 0 saturated heterocycles. The molecule has 0 aliphatic rings. The van der Waals surface area contributed by atoms with E-state index in [9.17, 15) is 4.79 Å². The highest BCUT2D eigenvalue weighted by molar-refractivity contribution is 9.10. The lowest BCUT2D eigenvalue weighted by molar-refractivity contribution is 0.0699. The summed E-state index contributed by atoms with van der Waals surface area (Å²) in [5, 5.41) is 11.5. The van der Waals surface area contributed by atoms with Gasteiger partial charge in [0.1, 0.15) is 5.84 Å². The van der Waals surface area contributed by atoms with Gasteiger partial charge < -0.3 is 20.6 Å². The van der Waals surface area contributed by atoms with E-state index in [-0.39, 0.29) is 11.7 Å². The summed E-state index contributed by atoms with van der Waals surface area (Å²) in [5.74, 6) is -0.0260. The second-order valence-electron chi connectivity index (χ2n) is 4.61. The summed E-state index contributed by atoms with van der Waals surface area (Å²) in [6, 6.07) is 5.60. The third-order valence-electron chi connectivity index (χ3n) is 2.97. The Labute approximate surface area is 132 Å². The molecule has 21 heavy (non-hydrogen) atoms. The quantitative estimate of drug-likeness (QED) is 0.338. The number of nitrogens with two attached hydrogens (primary N) is 1. The van der Waals surface area contributed by atoms with Crippen molar-refractivity contribution < 1.29 is 14.7 Å². The lowest BCUT2D eigenvalue weighted by atomic mass is 10.1. The van der Waals surface area contributed by atoms with Crippen molar-refractivity contribution in [1.82, 2.24) is 4.90 Å². The number of rotatable bonds is 7. The maximum Gasteiger partial charge on any atom is 0.255 e. The number of aryl methyl sites for hydroxylation is 1. The van der Waals surface area contributed by atoms with Gasteiger partial charge in [-0.1, -0.05) is 16.8 Å². The summed E-state index contributed by atoms with van der Waals surface area (Å²) in [7, 11) is 1.58. The first kappa shape index (κ1) is 17.5. The zero-order valence-electron chi connectivity index (χ0n) is 12.2. The predicted octanol–water partition coefficient (Wildman–Crippen LogP) is 1.98. The number of oxime groups is 1. The Bertz CT molecular complexity index is 520. The van der Waals surface area contributed by atoms with Crippen LogP contribution in [0.4, 0.5) is 0 Å². The zero-order chi connectivity index (χ0) is 15.8. The van der Waals surface area contributed by atoms with Crippen molar-refractivity contribution in [1.29, 1.82) is 0 Å². The lowest BCUT2D eigenvalue weighted by Gasteiger charge is -2.23. The molecule has 1 rings (SSSR count). The number of amidine groups is 1. The molecule has 0 saturated carbocycles. The SMILES string of the molecule is COCCN(CC/C(N)=N/O)C(=O)c1cc(C)ccc1Br. The summed E-state index contributed by atoms with van der Waals surface area (Å²) in [6.45, 7) is 3.15. The lowest BCUT2D eigenvalue weighted by Crippen LogP contribution is -2.36. The molecule has 0 fully saturated rings. The van der Waals surface area contributed by atoms with E-state index >= 15 is 0 Å². The molecule has 3 N–H and O–H groups in total. The van der Waals surface area contributed by atoms with E-state index in [0.717, 1.165) is 10.0 Å². The van der Waals surface area contributed by atoms with Gasteiger partial charge in [-0.25, -0.2) is 0 Å². The summed E-state index contributed by atoms with van der Waals surface area (Å²) in [6.07, 6.45) is 0.301. The van der Waals surface area contributed by atoms with Gasteiger partial charge in [0.05, 0.1) is 12.2 Å². The number of hydrogen-bond acceptors (Lipinski definition) is 4. The van der Waals surface area contributed by atoms with E-state index in [1.165, 1.54) is 0 Å². The van der Waals surface area contributed by atoms with Crippen LogP contribution >= 0.6 is 15.9 Å². The Morgan fingerprint density at radius 2 is 2.19 bits per heavy atom. The third kappa shape index (κ3) is 5.35. The number of carbonyl (C=O) groups is 1. The monoisotopic (exact) mass is 357 g/mol. The van der Waals surface area contributed by atoms with Gasteiger partial charge in [-0.15, -0.1) is 0 Å². The van der Waals surface area contributed by atoms with Gasteiger partial charge in [0.25, 0.3) is 5.91 Å². The van der Waals surface area contributed by atoms with Gasteiger partial charge in [0, 0.05) is 31.1 Å². The zero-order valence-corrected chi connectivity index (χ0v) is 13.8. The van der Waals surface area contributed by atoms with Crippen molar-refractivity contribution >= 4 is 27.7 Å². The topological polar surface area (TPSA) is 88.2 Å². The fourth-order valence-electron chi connectivity index (χ4n) is 1.79. The third-order valence-corrected chi connectivity index (χ3v) is 3.66. The maximum absolute atomic E-state index is 12.6. The van der Waals surface area contributed by atoms with Gasteiger partial charge in [-0.2, -0.15) is 0 Å². The van der Waals surface area contributed by atoms with E-state index in [4.69, 9.17) is 15.7 Å². The molecule has 0 bridgehead atoms. The van der Waals surface area contributed by atoms with E-state index < -0.39 is 0 Å². The minimum Gasteiger partial charge on any atom is -0.409 e. The minimum absolute atomic E-state index is 0.0912. The Hall–Kier alpha value is -1.60. The van der Waals surface area contributed by atoms with Crippen molar-refractivity contribution in [3.63, 3.8) is 0 Å². The smallest absolute Gasteiger partial charge is 0.255 e. The van der Waals surface area contributed by atoms with Crippen LogP contribution in [-0.2, 0) is 4.74 Å². The summed E-state index contributed by atoms with van der Waals surface area (Å²) < 4.78 is 5.77. The molecule has 1 amide bonds. The predicted molar refractivity (Wildman–Crippen MR) is 84.7 cm³/mol. The van der Waals surface area contributed by atoms with Crippen LogP contribution in [0.5, 0.6) is 0 Å². The average Bonchev–Trinajstić information content (AvgIpc) is 2.48. The molecule has 7 heteroatoms. The highest BCUT2D eigenvalue weighted by Gasteiger charge is 2.18. The highest BCUT2D eigenvalue weighted by Crippen LogP contribution is 2.20. The molecule has 0 spiro atoms. The Morgan fingerprint density at radius 3 is 2.81 bits per heavy atom. The normalized spacial score (nSPS) is 11.5. The number of nitrogens with zero attached hydrogens (tertiary/aromatic N) is 2. The number of amides is 1. The number of ether oxygens (including phenoxy) is 1. The number of carbonyl (C=O) groups excluding carboxylic acids is 1. The molecule has 0 aliphatic carbocycles. The van der Waals surface area contributed by atoms with Crippen LogP contribution < -0.4 is 5.73 Å². The molecule has 0 aliphatic heterocycles. The van der Waals surface area contributed by atoms with Crippen LogP contribution in [0.25, 0.3) is 0 Å². The van der Waals surface area contributed by atoms with Gasteiger partial charge in [-0.3, -0.25) is 4.79 Å². The largest absolute Gasteiger partial charge is 0.409 e. The molecule has 0 aromatic heterocycles. The molecule has 6 nitrogen and oxygen atoms in total. The number of methoxy groups -OCH3 is 1. The Balaban J connectivity index is 2.90. The number of benzene rings is 1. The molecule has 0 atom stereocenters. The van der Waals surface area contributed by atoms with Gasteiger partial charge in [0.15, 0.2) is 0 Å². The van der Waals surface area contributed by atoms with Gasteiger partial charge >= 0.3 is 0 Å². The minimum atomic E-state index is -0.117. The summed E-state index contributed by atoms with van der Waals surface area (Å²) in [4.78, 5) is 14.2. The molecular weight excluding hydrogens is 338 g/mol. The number of hydrogen-bond donors (Lipinski definition) is 2. The fraction of sp³-hybridized carbons (Fsp3) is 0.429. The molecular formula is C14H20BrN3O3. The second kappa shape index (κ2) is 8.63. The van der Waals surface area contributed by atoms with Crippen LogP contribution in [0, 0.1) is 6.92 Å². The van der Waals surface area contributed by atoms with E-state index in [1.807, 2.05) is 25.1 Å². The fourth-order valence-corrected chi connectivity index (χ4v) is 2.21. The first-order valence-corrected chi connectivity index (χ1v) is 7.29. The van der Waals surface area contributed by atoms with Crippen LogP contribution in [0.15, 0.2) is 27.8 Å². The van der Waals surface area contributed by atoms with Crippen molar-refractivity contribution in [2.45, 2.75) is 13.3 Å². The first-order chi connectivity index (χ1) is 9.99. The van der Waals surface area contributed by atoms with E-state index in [0.29, 0.717) is 31.7 Å². The average molecular weight is 358 g/mol. The standard InChI is InChI=1S/C14H20BrN3O3/c1-10-3-4-12(15)11(9-10)14(19)18(7-8-21-2)6-5-13(16)17-20/h3-4,9,20H,5-8H2,1-2H3,(H2,16,17). The molecule has 0 unspecified atom stereocenters. The van der Waals surface area contributed by atoms with Crippen LogP contribution in [-0.4, -0.2) is 48.7 Å². The van der Waals surface area contributed by atoms with E-state index in [2.05, 4.69) is 21.1 Å². The Morgan fingerprint density at radius 1 is 1.48 bits per heavy atom. The summed E-state index contributed by atoms with van der Waals surface area (Å²) in [5.41, 5.74) is 7.06. The first-order valence-electron chi connectivity index (χ1n) is 6.50. The van der Waals surface area contributed by atoms with Crippen molar-refractivity contribution in [3.05, 3.63) is 33.8 Å². The van der Waals surface area contributed by atoms with E-state index in [1.54, 1.807) is 12.0 Å².